The maximum Gasteiger partial charge on any atom is 0.225 e. The largest absolute Gasteiger partial charge is 0.381 e. The molecule has 5 heteroatoms. The predicted molar refractivity (Wildman–Crippen MR) is 114 cm³/mol. The molecule has 1 aliphatic heterocycles. The molecule has 0 unspecified atom stereocenters. The van der Waals surface area contributed by atoms with Crippen LogP contribution in [0.15, 0.2) is 18.5 Å². The number of rotatable bonds is 2. The summed E-state index contributed by atoms with van der Waals surface area (Å²) in [5.74, 6) is 0.545. The molecule has 29 heavy (non-hydrogen) atoms. The van der Waals surface area contributed by atoms with E-state index in [1.165, 1.54) is 11.1 Å². The van der Waals surface area contributed by atoms with Crippen molar-refractivity contribution in [2.75, 3.05) is 13.7 Å². The third-order valence-corrected chi connectivity index (χ3v) is 8.78. The second kappa shape index (κ2) is 6.56. The summed E-state index contributed by atoms with van der Waals surface area (Å²) >= 11 is 0. The second-order valence-corrected chi connectivity index (χ2v) is 10.2. The van der Waals surface area contributed by atoms with E-state index >= 15 is 0 Å². The van der Waals surface area contributed by atoms with Crippen molar-refractivity contribution in [3.63, 3.8) is 0 Å². The van der Waals surface area contributed by atoms with Gasteiger partial charge in [-0.1, -0.05) is 20.8 Å². The van der Waals surface area contributed by atoms with Gasteiger partial charge in [0.05, 0.1) is 23.5 Å². The number of nitrogens with zero attached hydrogens (tertiary/aromatic N) is 2. The molecular weight excluding hydrogens is 362 g/mol. The van der Waals surface area contributed by atoms with Crippen molar-refractivity contribution in [1.82, 2.24) is 14.9 Å². The summed E-state index contributed by atoms with van der Waals surface area (Å²) in [7, 11) is 1.79. The first-order valence-electron chi connectivity index (χ1n) is 11.1. The molecule has 156 valence electrons. The van der Waals surface area contributed by atoms with E-state index in [4.69, 9.17) is 4.74 Å². The number of imidazole rings is 1. The van der Waals surface area contributed by atoms with E-state index in [0.29, 0.717) is 12.0 Å². The standard InChI is InChI=1S/C24H33N3O2/c1-23(2)21-12-16-11-19-20(26-14-25-19)13-18(16)24(23,3)9-10-27(21)22(28)15-5-7-17(29-4)8-6-15/h11,13-15,17,21H,5-10,12H2,1-4H3,(H,25,26)/t15?,17?,21-,24+/m1/s1. The average Bonchev–Trinajstić information content (AvgIpc) is 3.17. The van der Waals surface area contributed by atoms with Crippen LogP contribution in [0, 0.1) is 11.3 Å². The lowest BCUT2D eigenvalue weighted by Crippen LogP contribution is -2.65. The zero-order valence-corrected chi connectivity index (χ0v) is 18.1. The van der Waals surface area contributed by atoms with E-state index in [9.17, 15) is 4.79 Å². The van der Waals surface area contributed by atoms with Crippen molar-refractivity contribution < 1.29 is 9.53 Å². The number of amides is 1. The molecule has 2 heterocycles. The number of piperidine rings is 1. The van der Waals surface area contributed by atoms with Gasteiger partial charge >= 0.3 is 0 Å². The highest BCUT2D eigenvalue weighted by molar-refractivity contribution is 5.81. The Hall–Kier alpha value is -1.88. The summed E-state index contributed by atoms with van der Waals surface area (Å²) in [6.07, 6.45) is 8.00. The van der Waals surface area contributed by atoms with Crippen LogP contribution in [-0.2, 0) is 21.4 Å². The molecule has 0 spiro atoms. The highest BCUT2D eigenvalue weighted by Crippen LogP contribution is 2.56. The van der Waals surface area contributed by atoms with Crippen LogP contribution in [0.1, 0.15) is 64.0 Å². The maximum absolute atomic E-state index is 13.6. The van der Waals surface area contributed by atoms with Crippen LogP contribution in [-0.4, -0.2) is 46.6 Å². The molecule has 1 saturated carbocycles. The number of nitrogens with one attached hydrogen (secondary N) is 1. The van der Waals surface area contributed by atoms with Crippen molar-refractivity contribution in [2.45, 2.75) is 76.9 Å². The molecule has 1 aromatic heterocycles. The minimum absolute atomic E-state index is 0.0294. The number of hydrogen-bond acceptors (Lipinski definition) is 3. The van der Waals surface area contributed by atoms with Gasteiger partial charge in [-0.25, -0.2) is 4.98 Å². The quantitative estimate of drug-likeness (QED) is 0.829. The van der Waals surface area contributed by atoms with Gasteiger partial charge in [0.1, 0.15) is 0 Å². The van der Waals surface area contributed by atoms with E-state index in [1.807, 2.05) is 0 Å². The Labute approximate surface area is 173 Å². The lowest BCUT2D eigenvalue weighted by atomic mass is 9.51. The van der Waals surface area contributed by atoms with E-state index in [1.54, 1.807) is 13.4 Å². The van der Waals surface area contributed by atoms with Crippen molar-refractivity contribution in [3.8, 4) is 0 Å². The molecule has 1 saturated heterocycles. The summed E-state index contributed by atoms with van der Waals surface area (Å²) in [6.45, 7) is 8.01. The van der Waals surface area contributed by atoms with Gasteiger partial charge in [-0.05, 0) is 67.2 Å². The molecule has 2 atom stereocenters. The third-order valence-electron chi connectivity index (χ3n) is 8.78. The zero-order valence-electron chi connectivity index (χ0n) is 18.1. The lowest BCUT2D eigenvalue weighted by Gasteiger charge is -2.61. The normalized spacial score (nSPS) is 33.5. The van der Waals surface area contributed by atoms with Crippen LogP contribution >= 0.6 is 0 Å². The fourth-order valence-electron chi connectivity index (χ4n) is 6.39. The van der Waals surface area contributed by atoms with Crippen LogP contribution in [0.4, 0.5) is 0 Å². The number of benzene rings is 1. The van der Waals surface area contributed by atoms with E-state index in [-0.39, 0.29) is 22.8 Å². The molecule has 2 aliphatic carbocycles. The van der Waals surface area contributed by atoms with Gasteiger partial charge in [0.15, 0.2) is 0 Å². The Bertz CT molecular complexity index is 941. The van der Waals surface area contributed by atoms with Gasteiger partial charge in [-0.2, -0.15) is 0 Å². The molecule has 3 aliphatic rings. The first-order valence-corrected chi connectivity index (χ1v) is 11.1. The molecule has 0 radical (unpaired) electrons. The molecule has 2 aromatic rings. The van der Waals surface area contributed by atoms with Gasteiger partial charge < -0.3 is 14.6 Å². The van der Waals surface area contributed by atoms with Crippen molar-refractivity contribution in [2.24, 2.45) is 11.3 Å². The Kier molecular flexibility index (Phi) is 4.32. The number of methoxy groups -OCH3 is 1. The fourth-order valence-corrected chi connectivity index (χ4v) is 6.39. The fraction of sp³-hybridized carbons (Fsp3) is 0.667. The minimum Gasteiger partial charge on any atom is -0.381 e. The molecule has 5 rings (SSSR count). The van der Waals surface area contributed by atoms with Gasteiger partial charge in [-0.15, -0.1) is 0 Å². The van der Waals surface area contributed by atoms with Crippen LogP contribution in [0.25, 0.3) is 11.0 Å². The Morgan fingerprint density at radius 1 is 1.21 bits per heavy atom. The van der Waals surface area contributed by atoms with Gasteiger partial charge in [0, 0.05) is 31.0 Å². The summed E-state index contributed by atoms with van der Waals surface area (Å²) in [6, 6.07) is 4.82. The molecule has 2 bridgehead atoms. The van der Waals surface area contributed by atoms with Gasteiger partial charge in [0.25, 0.3) is 0 Å². The molecule has 1 amide bonds. The smallest absolute Gasteiger partial charge is 0.225 e. The SMILES string of the molecule is COC1CCC(C(=O)N2CC[C@@]3(C)c4cc5nc[nH]c5cc4C[C@@H]2C3(C)C)CC1. The predicted octanol–water partition coefficient (Wildman–Crippen LogP) is 4.21. The van der Waals surface area contributed by atoms with E-state index < -0.39 is 0 Å². The molecule has 1 aromatic carbocycles. The topological polar surface area (TPSA) is 58.2 Å². The summed E-state index contributed by atoms with van der Waals surface area (Å²) in [5, 5.41) is 0. The summed E-state index contributed by atoms with van der Waals surface area (Å²) in [5.41, 5.74) is 5.05. The van der Waals surface area contributed by atoms with Crippen LogP contribution in [0.5, 0.6) is 0 Å². The first-order chi connectivity index (χ1) is 13.8. The molecule has 1 N–H and O–H groups in total. The number of carbonyl (C=O) groups excluding carboxylic acids is 1. The highest BCUT2D eigenvalue weighted by Gasteiger charge is 2.57. The number of aromatic nitrogens is 2. The monoisotopic (exact) mass is 395 g/mol. The van der Waals surface area contributed by atoms with Crippen LogP contribution in [0.2, 0.25) is 0 Å². The van der Waals surface area contributed by atoms with Gasteiger partial charge in [0.2, 0.25) is 5.91 Å². The Morgan fingerprint density at radius 3 is 2.69 bits per heavy atom. The van der Waals surface area contributed by atoms with E-state index in [0.717, 1.165) is 56.1 Å². The van der Waals surface area contributed by atoms with Crippen LogP contribution < -0.4 is 0 Å². The number of fused-ring (bicyclic) bond motifs is 5. The van der Waals surface area contributed by atoms with E-state index in [2.05, 4.69) is 47.8 Å². The van der Waals surface area contributed by atoms with Crippen LogP contribution in [0.3, 0.4) is 0 Å². The lowest BCUT2D eigenvalue weighted by molar-refractivity contribution is -0.150. The molecule has 2 fully saturated rings. The van der Waals surface area contributed by atoms with Crippen molar-refractivity contribution in [1.29, 1.82) is 0 Å². The Balaban J connectivity index is 1.48. The summed E-state index contributed by atoms with van der Waals surface area (Å²) < 4.78 is 5.51. The number of hydrogen-bond donors (Lipinski definition) is 1. The van der Waals surface area contributed by atoms with Gasteiger partial charge in [-0.3, -0.25) is 4.79 Å². The van der Waals surface area contributed by atoms with Crippen molar-refractivity contribution in [3.05, 3.63) is 29.6 Å². The second-order valence-electron chi connectivity index (χ2n) is 10.2. The molecular formula is C24H33N3O2. The highest BCUT2D eigenvalue weighted by atomic mass is 16.5. The maximum atomic E-state index is 13.6. The summed E-state index contributed by atoms with van der Waals surface area (Å²) in [4.78, 5) is 23.6. The molecule has 5 nitrogen and oxygen atoms in total. The Morgan fingerprint density at radius 2 is 1.97 bits per heavy atom. The number of carbonyl (C=O) groups is 1. The number of aromatic amines is 1. The first kappa shape index (κ1) is 19.1. The number of ether oxygens (including phenoxy) is 1. The number of likely N-dealkylation sites (tertiary alicyclic amines) is 1. The third kappa shape index (κ3) is 2.69. The average molecular weight is 396 g/mol. The minimum atomic E-state index is 0.0294. The number of H-pyrrole nitrogens is 1. The zero-order chi connectivity index (χ0) is 20.4. The van der Waals surface area contributed by atoms with Crippen molar-refractivity contribution >= 4 is 16.9 Å².